The summed E-state index contributed by atoms with van der Waals surface area (Å²) >= 11 is 0. The molecule has 0 fully saturated rings. The highest BCUT2D eigenvalue weighted by atomic mass is 16.2. The number of nitrogens with zero attached hydrogens (tertiary/aromatic N) is 3. The van der Waals surface area contributed by atoms with Gasteiger partial charge >= 0.3 is 0 Å². The highest BCUT2D eigenvalue weighted by Crippen LogP contribution is 2.11. The van der Waals surface area contributed by atoms with E-state index < -0.39 is 0 Å². The summed E-state index contributed by atoms with van der Waals surface area (Å²) < 4.78 is 1.68. The Morgan fingerprint density at radius 1 is 1.56 bits per heavy atom. The van der Waals surface area contributed by atoms with Crippen molar-refractivity contribution in [1.29, 1.82) is 0 Å². The minimum atomic E-state index is -0.0494. The van der Waals surface area contributed by atoms with Crippen molar-refractivity contribution in [1.82, 2.24) is 14.5 Å². The van der Waals surface area contributed by atoms with Crippen LogP contribution in [0.25, 0.3) is 5.52 Å². The van der Waals surface area contributed by atoms with Crippen LogP contribution in [0.4, 0.5) is 0 Å². The molecule has 0 spiro atoms. The molecule has 2 heterocycles. The van der Waals surface area contributed by atoms with Gasteiger partial charge in [-0.3, -0.25) is 4.79 Å². The Hall–Kier alpha value is -1.88. The van der Waals surface area contributed by atoms with Crippen molar-refractivity contribution in [2.75, 3.05) is 20.1 Å². The molecule has 2 rings (SSSR count). The van der Waals surface area contributed by atoms with Crippen LogP contribution in [0.3, 0.4) is 0 Å². The van der Waals surface area contributed by atoms with Crippen molar-refractivity contribution in [2.45, 2.75) is 0 Å². The van der Waals surface area contributed by atoms with E-state index in [4.69, 9.17) is 5.73 Å². The van der Waals surface area contributed by atoms with E-state index in [9.17, 15) is 4.79 Å². The van der Waals surface area contributed by atoms with Gasteiger partial charge in [-0.2, -0.15) is 5.10 Å². The number of fused-ring (bicyclic) bond motifs is 1. The average Bonchev–Trinajstić information content (AvgIpc) is 2.72. The summed E-state index contributed by atoms with van der Waals surface area (Å²) in [6.07, 6.45) is 3.40. The van der Waals surface area contributed by atoms with Crippen LogP contribution in [0, 0.1) is 0 Å². The van der Waals surface area contributed by atoms with Crippen molar-refractivity contribution in [3.8, 4) is 0 Å². The summed E-state index contributed by atoms with van der Waals surface area (Å²) in [6.45, 7) is 1.00. The molecule has 0 saturated heterocycles. The van der Waals surface area contributed by atoms with Crippen molar-refractivity contribution >= 4 is 11.4 Å². The Labute approximate surface area is 93.5 Å². The number of rotatable bonds is 3. The van der Waals surface area contributed by atoms with Crippen molar-refractivity contribution in [2.24, 2.45) is 5.73 Å². The third-order valence-electron chi connectivity index (χ3n) is 2.47. The third kappa shape index (κ3) is 1.77. The minimum absolute atomic E-state index is 0.0494. The lowest BCUT2D eigenvalue weighted by Crippen LogP contribution is -2.31. The van der Waals surface area contributed by atoms with E-state index in [1.165, 1.54) is 0 Å². The highest BCUT2D eigenvalue weighted by molar-refractivity contribution is 6.00. The van der Waals surface area contributed by atoms with E-state index in [2.05, 4.69) is 5.10 Å². The number of hydrogen-bond donors (Lipinski definition) is 1. The Balaban J connectivity index is 2.36. The Kier molecular flexibility index (Phi) is 2.87. The molecule has 2 aromatic heterocycles. The molecule has 16 heavy (non-hydrogen) atoms. The lowest BCUT2D eigenvalue weighted by molar-refractivity contribution is 0.0801. The monoisotopic (exact) mass is 218 g/mol. The molecular weight excluding hydrogens is 204 g/mol. The Bertz CT molecular complexity index is 505. The molecule has 84 valence electrons. The van der Waals surface area contributed by atoms with Crippen LogP contribution in [-0.4, -0.2) is 40.6 Å². The second-order valence-electron chi connectivity index (χ2n) is 3.60. The van der Waals surface area contributed by atoms with Crippen LogP contribution < -0.4 is 5.73 Å². The third-order valence-corrected chi connectivity index (χ3v) is 2.47. The fraction of sp³-hybridized carbons (Fsp3) is 0.273. The summed E-state index contributed by atoms with van der Waals surface area (Å²) in [5.41, 5.74) is 6.84. The van der Waals surface area contributed by atoms with Crippen LogP contribution in [0.1, 0.15) is 10.4 Å². The lowest BCUT2D eigenvalue weighted by atomic mass is 10.2. The maximum Gasteiger partial charge on any atom is 0.257 e. The summed E-state index contributed by atoms with van der Waals surface area (Å²) in [5.74, 6) is -0.0494. The van der Waals surface area contributed by atoms with E-state index in [0.29, 0.717) is 18.7 Å². The van der Waals surface area contributed by atoms with Crippen LogP contribution in [0.5, 0.6) is 0 Å². The quantitative estimate of drug-likeness (QED) is 0.809. The Morgan fingerprint density at radius 2 is 2.38 bits per heavy atom. The van der Waals surface area contributed by atoms with Crippen LogP contribution in [0.15, 0.2) is 30.6 Å². The number of likely N-dealkylation sites (N-methyl/N-ethyl adjacent to an activating group) is 1. The molecule has 0 aromatic carbocycles. The van der Waals surface area contributed by atoms with Gasteiger partial charge in [-0.05, 0) is 12.1 Å². The lowest BCUT2D eigenvalue weighted by Gasteiger charge is -2.14. The van der Waals surface area contributed by atoms with Gasteiger partial charge in [0, 0.05) is 26.3 Å². The van der Waals surface area contributed by atoms with Crippen molar-refractivity contribution in [3.05, 3.63) is 36.2 Å². The molecule has 2 N–H and O–H groups in total. The van der Waals surface area contributed by atoms with Gasteiger partial charge in [0.2, 0.25) is 0 Å². The largest absolute Gasteiger partial charge is 0.340 e. The van der Waals surface area contributed by atoms with Gasteiger partial charge in [-0.1, -0.05) is 6.07 Å². The van der Waals surface area contributed by atoms with E-state index in [-0.39, 0.29) is 5.91 Å². The van der Waals surface area contributed by atoms with E-state index >= 15 is 0 Å². The number of carbonyl (C=O) groups is 1. The van der Waals surface area contributed by atoms with Crippen LogP contribution >= 0.6 is 0 Å². The molecule has 0 bridgehead atoms. The molecular formula is C11H14N4O. The molecule has 5 nitrogen and oxygen atoms in total. The second kappa shape index (κ2) is 4.32. The van der Waals surface area contributed by atoms with Gasteiger partial charge in [0.15, 0.2) is 0 Å². The molecule has 0 radical (unpaired) electrons. The van der Waals surface area contributed by atoms with Crippen molar-refractivity contribution in [3.63, 3.8) is 0 Å². The molecule has 0 atom stereocenters. The number of amides is 1. The number of aromatic nitrogens is 2. The maximum atomic E-state index is 12.0. The summed E-state index contributed by atoms with van der Waals surface area (Å²) in [4.78, 5) is 13.6. The minimum Gasteiger partial charge on any atom is -0.340 e. The second-order valence-corrected chi connectivity index (χ2v) is 3.60. The first kappa shape index (κ1) is 10.6. The zero-order valence-electron chi connectivity index (χ0n) is 9.13. The normalized spacial score (nSPS) is 10.6. The standard InChI is InChI=1S/C11H14N4O/c1-14(7-5-12)11(16)9-8-13-15-6-3-2-4-10(9)15/h2-4,6,8H,5,7,12H2,1H3. The molecule has 0 saturated carbocycles. The topological polar surface area (TPSA) is 63.6 Å². The van der Waals surface area contributed by atoms with Crippen LogP contribution in [0.2, 0.25) is 0 Å². The summed E-state index contributed by atoms with van der Waals surface area (Å²) in [5, 5.41) is 4.12. The van der Waals surface area contributed by atoms with Gasteiger partial charge in [-0.15, -0.1) is 0 Å². The smallest absolute Gasteiger partial charge is 0.257 e. The zero-order chi connectivity index (χ0) is 11.5. The van der Waals surface area contributed by atoms with Gasteiger partial charge in [-0.25, -0.2) is 4.52 Å². The van der Waals surface area contributed by atoms with Crippen LogP contribution in [-0.2, 0) is 0 Å². The molecule has 0 aliphatic carbocycles. The Morgan fingerprint density at radius 3 is 3.12 bits per heavy atom. The SMILES string of the molecule is CN(CCN)C(=O)c1cnn2ccccc12. The first-order chi connectivity index (χ1) is 7.74. The molecule has 0 aliphatic heterocycles. The maximum absolute atomic E-state index is 12.0. The summed E-state index contributed by atoms with van der Waals surface area (Å²) in [6, 6.07) is 5.63. The van der Waals surface area contributed by atoms with Gasteiger partial charge < -0.3 is 10.6 Å². The molecule has 0 aliphatic rings. The predicted octanol–water partition coefficient (Wildman–Crippen LogP) is 0.365. The predicted molar refractivity (Wildman–Crippen MR) is 61.2 cm³/mol. The number of pyridine rings is 1. The van der Waals surface area contributed by atoms with E-state index in [0.717, 1.165) is 5.52 Å². The summed E-state index contributed by atoms with van der Waals surface area (Å²) in [7, 11) is 1.74. The number of hydrogen-bond acceptors (Lipinski definition) is 3. The van der Waals surface area contributed by atoms with E-state index in [1.54, 1.807) is 22.7 Å². The van der Waals surface area contributed by atoms with Gasteiger partial charge in [0.1, 0.15) is 0 Å². The fourth-order valence-corrected chi connectivity index (χ4v) is 1.60. The highest BCUT2D eigenvalue weighted by Gasteiger charge is 2.15. The molecule has 5 heteroatoms. The first-order valence-electron chi connectivity index (χ1n) is 5.12. The fourth-order valence-electron chi connectivity index (χ4n) is 1.60. The average molecular weight is 218 g/mol. The van der Waals surface area contributed by atoms with Crippen molar-refractivity contribution < 1.29 is 4.79 Å². The van der Waals surface area contributed by atoms with Gasteiger partial charge in [0.25, 0.3) is 5.91 Å². The first-order valence-corrected chi connectivity index (χ1v) is 5.12. The molecule has 0 unspecified atom stereocenters. The molecule has 2 aromatic rings. The number of nitrogens with two attached hydrogens (primary N) is 1. The molecule has 1 amide bonds. The number of carbonyl (C=O) groups excluding carboxylic acids is 1. The zero-order valence-corrected chi connectivity index (χ0v) is 9.13. The van der Waals surface area contributed by atoms with E-state index in [1.807, 2.05) is 24.4 Å². The van der Waals surface area contributed by atoms with Gasteiger partial charge in [0.05, 0.1) is 17.3 Å².